The summed E-state index contributed by atoms with van der Waals surface area (Å²) >= 11 is 6.31. The zero-order chi connectivity index (χ0) is 18.5. The van der Waals surface area contributed by atoms with E-state index in [9.17, 15) is 13.6 Å². The first kappa shape index (κ1) is 17.1. The van der Waals surface area contributed by atoms with Gasteiger partial charge in [-0.25, -0.2) is 18.8 Å². The monoisotopic (exact) mass is 375 g/mol. The summed E-state index contributed by atoms with van der Waals surface area (Å²) in [4.78, 5) is 21.0. The Kier molecular flexibility index (Phi) is 4.03. The molecular weight excluding hydrogens is 360 g/mol. The number of halogens is 3. The van der Waals surface area contributed by atoms with Crippen LogP contribution in [0.4, 0.5) is 20.3 Å². The molecule has 1 aliphatic carbocycles. The molecule has 4 nitrogen and oxygen atoms in total. The number of pyridine rings is 1. The third kappa shape index (κ3) is 3.21. The summed E-state index contributed by atoms with van der Waals surface area (Å²) in [7, 11) is 0. The second-order valence-electron chi connectivity index (χ2n) is 6.88. The number of rotatable bonds is 3. The molecule has 1 fully saturated rings. The lowest BCUT2D eigenvalue weighted by Gasteiger charge is -2.33. The molecule has 1 aliphatic heterocycles. The minimum Gasteiger partial charge on any atom is -0.326 e. The van der Waals surface area contributed by atoms with Crippen molar-refractivity contribution in [2.45, 2.75) is 32.1 Å². The van der Waals surface area contributed by atoms with Crippen LogP contribution in [0.1, 0.15) is 29.5 Å². The standard InChI is InChI=1S/C19H16ClF2N3O/c1-10-4-11-5-16(25-17(11)23-9-10)14-6-13(2-3-15(14)20)24-18(26)12-7-19(21,22)8-12/h2-4,6,9,12H,5,7-8H2,1H3,(H,24,26). The number of benzene rings is 1. The van der Waals surface area contributed by atoms with Crippen molar-refractivity contribution < 1.29 is 13.6 Å². The predicted octanol–water partition coefficient (Wildman–Crippen LogP) is 4.70. The molecule has 2 aromatic rings. The molecule has 4 rings (SSSR count). The molecule has 134 valence electrons. The Morgan fingerprint density at radius 2 is 2.08 bits per heavy atom. The van der Waals surface area contributed by atoms with Gasteiger partial charge in [-0.15, -0.1) is 0 Å². The third-order valence-electron chi connectivity index (χ3n) is 4.68. The van der Waals surface area contributed by atoms with Gasteiger partial charge in [-0.2, -0.15) is 0 Å². The second kappa shape index (κ2) is 6.13. The molecule has 1 N–H and O–H groups in total. The van der Waals surface area contributed by atoms with E-state index in [-0.39, 0.29) is 0 Å². The molecule has 2 aliphatic rings. The number of hydrogen-bond donors (Lipinski definition) is 1. The lowest BCUT2D eigenvalue weighted by molar-refractivity contribution is -0.145. The highest BCUT2D eigenvalue weighted by atomic mass is 35.5. The number of carbonyl (C=O) groups is 1. The van der Waals surface area contributed by atoms with Crippen LogP contribution in [-0.4, -0.2) is 22.5 Å². The molecule has 1 amide bonds. The molecule has 0 atom stereocenters. The van der Waals surface area contributed by atoms with Gasteiger partial charge in [-0.3, -0.25) is 4.79 Å². The van der Waals surface area contributed by atoms with Crippen molar-refractivity contribution >= 4 is 34.7 Å². The molecule has 1 aromatic heterocycles. The largest absolute Gasteiger partial charge is 0.326 e. The minimum absolute atomic E-state index is 0.391. The molecule has 0 unspecified atom stereocenters. The van der Waals surface area contributed by atoms with Crippen molar-refractivity contribution in [3.8, 4) is 0 Å². The van der Waals surface area contributed by atoms with Gasteiger partial charge < -0.3 is 5.32 Å². The normalized spacial score (nSPS) is 18.1. The first-order valence-electron chi connectivity index (χ1n) is 8.32. The maximum Gasteiger partial charge on any atom is 0.249 e. The molecule has 7 heteroatoms. The van der Waals surface area contributed by atoms with Crippen molar-refractivity contribution in [2.75, 3.05) is 5.32 Å². The van der Waals surface area contributed by atoms with Crippen molar-refractivity contribution in [1.82, 2.24) is 4.98 Å². The average molecular weight is 376 g/mol. The quantitative estimate of drug-likeness (QED) is 0.845. The van der Waals surface area contributed by atoms with E-state index in [2.05, 4.69) is 15.3 Å². The van der Waals surface area contributed by atoms with E-state index in [0.717, 1.165) is 16.8 Å². The van der Waals surface area contributed by atoms with Crippen molar-refractivity contribution in [1.29, 1.82) is 0 Å². The highest BCUT2D eigenvalue weighted by Gasteiger charge is 2.48. The van der Waals surface area contributed by atoms with Crippen molar-refractivity contribution in [3.05, 3.63) is 52.2 Å². The second-order valence-corrected chi connectivity index (χ2v) is 7.28. The van der Waals surface area contributed by atoms with E-state index in [0.29, 0.717) is 28.5 Å². The summed E-state index contributed by atoms with van der Waals surface area (Å²) < 4.78 is 25.9. The van der Waals surface area contributed by atoms with Crippen molar-refractivity contribution in [2.24, 2.45) is 10.9 Å². The zero-order valence-corrected chi connectivity index (χ0v) is 14.8. The molecular formula is C19H16ClF2N3O. The third-order valence-corrected chi connectivity index (χ3v) is 5.01. The summed E-state index contributed by atoms with van der Waals surface area (Å²) in [6, 6.07) is 7.10. The molecule has 1 aromatic carbocycles. The number of amides is 1. The van der Waals surface area contributed by atoms with Crippen LogP contribution in [-0.2, 0) is 11.2 Å². The fourth-order valence-electron chi connectivity index (χ4n) is 3.27. The minimum atomic E-state index is -2.72. The van der Waals surface area contributed by atoms with Crippen LogP contribution in [0.2, 0.25) is 5.02 Å². The lowest BCUT2D eigenvalue weighted by atomic mass is 9.81. The fraction of sp³-hybridized carbons (Fsp3) is 0.316. The Morgan fingerprint density at radius 3 is 2.81 bits per heavy atom. The van der Waals surface area contributed by atoms with Crippen LogP contribution in [0, 0.1) is 12.8 Å². The first-order valence-corrected chi connectivity index (χ1v) is 8.70. The highest BCUT2D eigenvalue weighted by molar-refractivity contribution is 6.34. The Hall–Kier alpha value is -2.34. The Morgan fingerprint density at radius 1 is 1.31 bits per heavy atom. The van der Waals surface area contributed by atoms with E-state index in [4.69, 9.17) is 11.6 Å². The molecule has 0 bridgehead atoms. The van der Waals surface area contributed by atoms with Gasteiger partial charge in [-0.05, 0) is 30.7 Å². The van der Waals surface area contributed by atoms with Crippen LogP contribution in [0.15, 0.2) is 35.5 Å². The summed E-state index contributed by atoms with van der Waals surface area (Å²) in [6.45, 7) is 1.97. The van der Waals surface area contributed by atoms with Crippen LogP contribution in [0.3, 0.4) is 0 Å². The average Bonchev–Trinajstić information content (AvgIpc) is 2.97. The number of aromatic nitrogens is 1. The Balaban J connectivity index is 1.54. The van der Waals surface area contributed by atoms with Crippen LogP contribution in [0.5, 0.6) is 0 Å². The lowest BCUT2D eigenvalue weighted by Crippen LogP contribution is -2.42. The van der Waals surface area contributed by atoms with Gasteiger partial charge in [-0.1, -0.05) is 17.7 Å². The molecule has 26 heavy (non-hydrogen) atoms. The Bertz CT molecular complexity index is 934. The van der Waals surface area contributed by atoms with Gasteiger partial charge in [0.25, 0.3) is 0 Å². The molecule has 2 heterocycles. The maximum absolute atomic E-state index is 12.9. The van der Waals surface area contributed by atoms with Gasteiger partial charge >= 0.3 is 0 Å². The van der Waals surface area contributed by atoms with E-state index in [1.807, 2.05) is 13.0 Å². The smallest absolute Gasteiger partial charge is 0.249 e. The summed E-state index contributed by atoms with van der Waals surface area (Å²) in [6.07, 6.45) is 1.58. The topological polar surface area (TPSA) is 54.4 Å². The summed E-state index contributed by atoms with van der Waals surface area (Å²) in [5, 5.41) is 3.22. The van der Waals surface area contributed by atoms with E-state index in [1.54, 1.807) is 24.4 Å². The number of anilines is 1. The highest BCUT2D eigenvalue weighted by Crippen LogP contribution is 2.43. The number of hydrogen-bond acceptors (Lipinski definition) is 3. The Labute approximate surface area is 154 Å². The molecule has 0 radical (unpaired) electrons. The van der Waals surface area contributed by atoms with Gasteiger partial charge in [0.2, 0.25) is 11.8 Å². The number of carbonyl (C=O) groups excluding carboxylic acids is 1. The number of fused-ring (bicyclic) bond motifs is 1. The molecule has 0 saturated heterocycles. The number of nitrogens with one attached hydrogen (secondary N) is 1. The van der Waals surface area contributed by atoms with Crippen LogP contribution < -0.4 is 5.32 Å². The van der Waals surface area contributed by atoms with Gasteiger partial charge in [0.15, 0.2) is 5.82 Å². The zero-order valence-electron chi connectivity index (χ0n) is 14.0. The van der Waals surface area contributed by atoms with Crippen LogP contribution in [0.25, 0.3) is 0 Å². The maximum atomic E-state index is 12.9. The fourth-order valence-corrected chi connectivity index (χ4v) is 3.50. The van der Waals surface area contributed by atoms with E-state index in [1.165, 1.54) is 0 Å². The van der Waals surface area contributed by atoms with Gasteiger partial charge in [0.1, 0.15) is 0 Å². The number of alkyl halides is 2. The van der Waals surface area contributed by atoms with E-state index < -0.39 is 30.6 Å². The number of nitrogens with zero attached hydrogens (tertiary/aromatic N) is 2. The summed E-state index contributed by atoms with van der Waals surface area (Å²) in [5.41, 5.74) is 4.09. The number of aryl methyl sites for hydroxylation is 1. The van der Waals surface area contributed by atoms with Gasteiger partial charge in [0, 0.05) is 53.2 Å². The molecule has 1 saturated carbocycles. The van der Waals surface area contributed by atoms with E-state index >= 15 is 0 Å². The van der Waals surface area contributed by atoms with Crippen molar-refractivity contribution in [3.63, 3.8) is 0 Å². The first-order chi connectivity index (χ1) is 12.3. The van der Waals surface area contributed by atoms with Crippen LogP contribution >= 0.6 is 11.6 Å². The number of aliphatic imine (C=N–C) groups is 1. The van der Waals surface area contributed by atoms with Gasteiger partial charge in [0.05, 0.1) is 5.71 Å². The predicted molar refractivity (Wildman–Crippen MR) is 96.6 cm³/mol. The summed E-state index contributed by atoms with van der Waals surface area (Å²) in [5.74, 6) is -3.09. The SMILES string of the molecule is Cc1cnc2c(c1)CC(c1cc(NC(=O)C3CC(F)(F)C3)ccc1Cl)=N2. The molecule has 0 spiro atoms.